The highest BCUT2D eigenvalue weighted by Gasteiger charge is 2.32. The van der Waals surface area contributed by atoms with Gasteiger partial charge < -0.3 is 10.4 Å². The Labute approximate surface area is 89.0 Å². The number of unbranched alkanes of at least 4 members (excludes halogenated alkanes) is 1. The van der Waals surface area contributed by atoms with Crippen molar-refractivity contribution >= 4 is 11.9 Å². The van der Waals surface area contributed by atoms with Crippen LogP contribution in [-0.4, -0.2) is 23.0 Å². The summed E-state index contributed by atoms with van der Waals surface area (Å²) in [5.74, 6) is 1.36. The van der Waals surface area contributed by atoms with E-state index in [4.69, 9.17) is 11.5 Å². The first-order chi connectivity index (χ1) is 7.15. The molecule has 82 valence electrons. The van der Waals surface area contributed by atoms with Gasteiger partial charge in [0.05, 0.1) is 0 Å². The van der Waals surface area contributed by atoms with Crippen LogP contribution < -0.4 is 5.32 Å². The third kappa shape index (κ3) is 4.03. The highest BCUT2D eigenvalue weighted by atomic mass is 16.4. The molecule has 4 nitrogen and oxygen atoms in total. The van der Waals surface area contributed by atoms with Crippen molar-refractivity contribution in [3.63, 3.8) is 0 Å². The number of terminal acetylenes is 1. The lowest BCUT2D eigenvalue weighted by atomic mass is 10.1. The van der Waals surface area contributed by atoms with Crippen LogP contribution in [0.5, 0.6) is 0 Å². The maximum absolute atomic E-state index is 11.3. The summed E-state index contributed by atoms with van der Waals surface area (Å²) >= 11 is 0. The van der Waals surface area contributed by atoms with Gasteiger partial charge in [0, 0.05) is 12.3 Å². The average Bonchev–Trinajstić information content (AvgIpc) is 2.99. The van der Waals surface area contributed by atoms with Crippen LogP contribution in [0.4, 0.5) is 0 Å². The Morgan fingerprint density at radius 2 is 2.20 bits per heavy atom. The van der Waals surface area contributed by atoms with Crippen LogP contribution in [0, 0.1) is 18.3 Å². The maximum Gasteiger partial charge on any atom is 0.326 e. The molecule has 0 bridgehead atoms. The Balaban J connectivity index is 2.32. The van der Waals surface area contributed by atoms with E-state index in [1.54, 1.807) is 0 Å². The molecule has 0 aliphatic heterocycles. The first-order valence-corrected chi connectivity index (χ1v) is 5.11. The van der Waals surface area contributed by atoms with Crippen LogP contribution in [0.1, 0.15) is 32.1 Å². The maximum atomic E-state index is 11.3. The van der Waals surface area contributed by atoms with E-state index in [2.05, 4.69) is 11.2 Å². The van der Waals surface area contributed by atoms with Crippen LogP contribution in [0.15, 0.2) is 0 Å². The van der Waals surface area contributed by atoms with E-state index in [-0.39, 0.29) is 11.8 Å². The molecule has 0 aromatic carbocycles. The highest BCUT2D eigenvalue weighted by Crippen LogP contribution is 2.29. The van der Waals surface area contributed by atoms with Gasteiger partial charge in [0.2, 0.25) is 5.91 Å². The molecule has 1 fully saturated rings. The SMILES string of the molecule is C#CCCC[C@@H](NC(=O)C1CC1)C(=O)O. The smallest absolute Gasteiger partial charge is 0.326 e. The lowest BCUT2D eigenvalue weighted by molar-refractivity contribution is -0.142. The van der Waals surface area contributed by atoms with Crippen LogP contribution >= 0.6 is 0 Å². The summed E-state index contributed by atoms with van der Waals surface area (Å²) in [5, 5.41) is 11.4. The molecule has 15 heavy (non-hydrogen) atoms. The van der Waals surface area contributed by atoms with E-state index in [1.807, 2.05) is 0 Å². The van der Waals surface area contributed by atoms with Crippen LogP contribution in [-0.2, 0) is 9.59 Å². The molecule has 1 atom stereocenters. The molecule has 1 aliphatic rings. The summed E-state index contributed by atoms with van der Waals surface area (Å²) in [6.07, 6.45) is 8.39. The minimum absolute atomic E-state index is 0.0412. The molecule has 2 N–H and O–H groups in total. The summed E-state index contributed by atoms with van der Waals surface area (Å²) in [6.45, 7) is 0. The zero-order valence-electron chi connectivity index (χ0n) is 8.53. The second kappa shape index (κ2) is 5.40. The Kier molecular flexibility index (Phi) is 4.17. The van der Waals surface area contributed by atoms with E-state index >= 15 is 0 Å². The number of hydrogen-bond donors (Lipinski definition) is 2. The normalized spacial score (nSPS) is 16.5. The summed E-state index contributed by atoms with van der Waals surface area (Å²) in [6, 6.07) is -0.786. The van der Waals surface area contributed by atoms with Crippen molar-refractivity contribution in [2.24, 2.45) is 5.92 Å². The summed E-state index contributed by atoms with van der Waals surface area (Å²) in [7, 11) is 0. The van der Waals surface area contributed by atoms with Gasteiger partial charge in [-0.3, -0.25) is 4.79 Å². The third-order valence-corrected chi connectivity index (χ3v) is 2.38. The van der Waals surface area contributed by atoms with Crippen LogP contribution in [0.3, 0.4) is 0 Å². The molecular formula is C11H15NO3. The fourth-order valence-corrected chi connectivity index (χ4v) is 1.30. The van der Waals surface area contributed by atoms with Gasteiger partial charge in [-0.1, -0.05) is 0 Å². The van der Waals surface area contributed by atoms with E-state index in [0.717, 1.165) is 12.8 Å². The lowest BCUT2D eigenvalue weighted by Crippen LogP contribution is -2.41. The Hall–Kier alpha value is -1.50. The van der Waals surface area contributed by atoms with E-state index in [1.165, 1.54) is 0 Å². The minimum atomic E-state index is -0.985. The molecule has 1 amide bonds. The zero-order valence-corrected chi connectivity index (χ0v) is 8.53. The monoisotopic (exact) mass is 209 g/mol. The minimum Gasteiger partial charge on any atom is -0.480 e. The van der Waals surface area contributed by atoms with Crippen molar-refractivity contribution in [3.8, 4) is 12.3 Å². The van der Waals surface area contributed by atoms with E-state index in [0.29, 0.717) is 19.3 Å². The number of aliphatic carboxylic acids is 1. The summed E-state index contributed by atoms with van der Waals surface area (Å²) in [4.78, 5) is 22.1. The zero-order chi connectivity index (χ0) is 11.3. The lowest BCUT2D eigenvalue weighted by Gasteiger charge is -2.13. The number of amides is 1. The molecular weight excluding hydrogens is 194 g/mol. The molecule has 1 saturated carbocycles. The van der Waals surface area contributed by atoms with Crippen LogP contribution in [0.2, 0.25) is 0 Å². The van der Waals surface area contributed by atoms with E-state index < -0.39 is 12.0 Å². The Bertz CT molecular complexity index is 289. The first kappa shape index (κ1) is 11.6. The van der Waals surface area contributed by atoms with Crippen molar-refractivity contribution < 1.29 is 14.7 Å². The van der Waals surface area contributed by atoms with Gasteiger partial charge in [-0.2, -0.15) is 0 Å². The number of hydrogen-bond acceptors (Lipinski definition) is 2. The molecule has 0 saturated heterocycles. The second-order valence-electron chi connectivity index (χ2n) is 3.77. The number of carbonyl (C=O) groups is 2. The molecule has 0 spiro atoms. The number of carbonyl (C=O) groups excluding carboxylic acids is 1. The summed E-state index contributed by atoms with van der Waals surface area (Å²) in [5.41, 5.74) is 0. The molecule has 0 unspecified atom stereocenters. The molecule has 0 aromatic rings. The molecule has 0 heterocycles. The van der Waals surface area contributed by atoms with Crippen molar-refractivity contribution in [3.05, 3.63) is 0 Å². The standard InChI is InChI=1S/C11H15NO3/c1-2-3-4-5-9(11(14)15)12-10(13)8-6-7-8/h1,8-9H,3-7H2,(H,12,13)(H,14,15)/t9-/m1/s1. The Morgan fingerprint density at radius 1 is 1.53 bits per heavy atom. The van der Waals surface area contributed by atoms with Gasteiger partial charge >= 0.3 is 5.97 Å². The predicted octanol–water partition coefficient (Wildman–Crippen LogP) is 0.769. The van der Waals surface area contributed by atoms with Crippen molar-refractivity contribution in [1.82, 2.24) is 5.32 Å². The fourth-order valence-electron chi connectivity index (χ4n) is 1.30. The molecule has 1 rings (SSSR count). The van der Waals surface area contributed by atoms with Crippen molar-refractivity contribution in [1.29, 1.82) is 0 Å². The number of nitrogens with one attached hydrogen (secondary N) is 1. The van der Waals surface area contributed by atoms with Gasteiger partial charge in [0.25, 0.3) is 0 Å². The third-order valence-electron chi connectivity index (χ3n) is 2.38. The van der Waals surface area contributed by atoms with Gasteiger partial charge in [-0.15, -0.1) is 12.3 Å². The highest BCUT2D eigenvalue weighted by molar-refractivity contribution is 5.86. The van der Waals surface area contributed by atoms with Crippen molar-refractivity contribution in [2.45, 2.75) is 38.1 Å². The van der Waals surface area contributed by atoms with E-state index in [9.17, 15) is 9.59 Å². The molecule has 1 aliphatic carbocycles. The number of rotatable bonds is 6. The molecule has 0 aromatic heterocycles. The average molecular weight is 209 g/mol. The fraction of sp³-hybridized carbons (Fsp3) is 0.636. The number of carboxylic acids is 1. The molecule has 4 heteroatoms. The predicted molar refractivity (Wildman–Crippen MR) is 55.0 cm³/mol. The topological polar surface area (TPSA) is 66.4 Å². The van der Waals surface area contributed by atoms with Gasteiger partial charge in [0.15, 0.2) is 0 Å². The van der Waals surface area contributed by atoms with Gasteiger partial charge in [-0.25, -0.2) is 4.79 Å². The quantitative estimate of drug-likeness (QED) is 0.501. The second-order valence-corrected chi connectivity index (χ2v) is 3.77. The Morgan fingerprint density at radius 3 is 2.67 bits per heavy atom. The molecule has 0 radical (unpaired) electrons. The van der Waals surface area contributed by atoms with Crippen molar-refractivity contribution in [2.75, 3.05) is 0 Å². The van der Waals surface area contributed by atoms with Gasteiger partial charge in [-0.05, 0) is 25.7 Å². The van der Waals surface area contributed by atoms with Crippen LogP contribution in [0.25, 0.3) is 0 Å². The number of carboxylic acid groups (broad SMARTS) is 1. The first-order valence-electron chi connectivity index (χ1n) is 5.11. The summed E-state index contributed by atoms with van der Waals surface area (Å²) < 4.78 is 0. The largest absolute Gasteiger partial charge is 0.480 e. The van der Waals surface area contributed by atoms with Gasteiger partial charge in [0.1, 0.15) is 6.04 Å².